The molecule has 6 heteroatoms. The van der Waals surface area contributed by atoms with Gasteiger partial charge in [-0.2, -0.15) is 0 Å². The van der Waals surface area contributed by atoms with Crippen LogP contribution >= 0.6 is 0 Å². The fourth-order valence-electron chi connectivity index (χ4n) is 2.08. The lowest BCUT2D eigenvalue weighted by Gasteiger charge is -2.19. The van der Waals surface area contributed by atoms with Crippen LogP contribution in [0.2, 0.25) is 0 Å². The van der Waals surface area contributed by atoms with E-state index in [0.29, 0.717) is 24.8 Å². The molecule has 2 N–H and O–H groups in total. The standard InChI is InChI=1S/C16H21FN4O/c1-3-21(4-2)16(18)19-10-9-14-11-22-15(20-14)12-5-7-13(17)8-6-12/h5-8,11H,3-4,9-10H2,1-2H3,(H2,18,19). The second-order valence-corrected chi connectivity index (χ2v) is 4.81. The van der Waals surface area contributed by atoms with Crippen LogP contribution in [-0.4, -0.2) is 35.5 Å². The Bertz CT molecular complexity index is 617. The molecule has 1 aromatic carbocycles. The van der Waals surface area contributed by atoms with Crippen molar-refractivity contribution in [3.05, 3.63) is 42.0 Å². The highest BCUT2D eigenvalue weighted by Gasteiger charge is 2.07. The van der Waals surface area contributed by atoms with Gasteiger partial charge in [-0.15, -0.1) is 0 Å². The van der Waals surface area contributed by atoms with Gasteiger partial charge in [-0.25, -0.2) is 9.37 Å². The summed E-state index contributed by atoms with van der Waals surface area (Å²) in [5, 5.41) is 0. The van der Waals surface area contributed by atoms with Crippen molar-refractivity contribution in [1.82, 2.24) is 9.88 Å². The highest BCUT2D eigenvalue weighted by atomic mass is 19.1. The number of nitrogens with two attached hydrogens (primary N) is 1. The van der Waals surface area contributed by atoms with Crippen molar-refractivity contribution in [2.24, 2.45) is 10.7 Å². The fraction of sp³-hybridized carbons (Fsp3) is 0.375. The SMILES string of the molecule is CCN(CC)C(N)=NCCc1coc(-c2ccc(F)cc2)n1. The number of oxazole rings is 1. The summed E-state index contributed by atoms with van der Waals surface area (Å²) in [5.74, 6) is 0.750. The lowest BCUT2D eigenvalue weighted by atomic mass is 10.2. The number of hydrogen-bond donors (Lipinski definition) is 1. The van der Waals surface area contributed by atoms with Gasteiger partial charge in [-0.3, -0.25) is 4.99 Å². The van der Waals surface area contributed by atoms with Crippen LogP contribution in [0, 0.1) is 5.82 Å². The minimum Gasteiger partial charge on any atom is -0.444 e. The van der Waals surface area contributed by atoms with Crippen LogP contribution in [-0.2, 0) is 6.42 Å². The molecule has 1 heterocycles. The van der Waals surface area contributed by atoms with Crippen LogP contribution in [0.15, 0.2) is 39.9 Å². The van der Waals surface area contributed by atoms with Crippen LogP contribution in [0.25, 0.3) is 11.5 Å². The van der Waals surface area contributed by atoms with Crippen molar-refractivity contribution in [1.29, 1.82) is 0 Å². The summed E-state index contributed by atoms with van der Waals surface area (Å²) >= 11 is 0. The predicted molar refractivity (Wildman–Crippen MR) is 85.0 cm³/mol. The van der Waals surface area contributed by atoms with Gasteiger partial charge in [-0.1, -0.05) is 0 Å². The Labute approximate surface area is 129 Å². The zero-order valence-corrected chi connectivity index (χ0v) is 12.9. The van der Waals surface area contributed by atoms with Gasteiger partial charge in [0.25, 0.3) is 0 Å². The van der Waals surface area contributed by atoms with Gasteiger partial charge < -0.3 is 15.1 Å². The fourth-order valence-corrected chi connectivity index (χ4v) is 2.08. The van der Waals surface area contributed by atoms with Crippen LogP contribution in [0.1, 0.15) is 19.5 Å². The zero-order valence-electron chi connectivity index (χ0n) is 12.9. The van der Waals surface area contributed by atoms with Gasteiger partial charge in [0.2, 0.25) is 5.89 Å². The van der Waals surface area contributed by atoms with Crippen LogP contribution in [0.5, 0.6) is 0 Å². The Morgan fingerprint density at radius 1 is 1.27 bits per heavy atom. The second-order valence-electron chi connectivity index (χ2n) is 4.81. The molecule has 0 aliphatic carbocycles. The summed E-state index contributed by atoms with van der Waals surface area (Å²) in [6.45, 7) is 6.31. The first-order chi connectivity index (χ1) is 10.6. The molecule has 0 saturated heterocycles. The van der Waals surface area contributed by atoms with E-state index in [9.17, 15) is 4.39 Å². The first-order valence-electron chi connectivity index (χ1n) is 7.39. The lowest BCUT2D eigenvalue weighted by Crippen LogP contribution is -2.37. The van der Waals surface area contributed by atoms with Crippen molar-refractivity contribution in [3.8, 4) is 11.5 Å². The number of benzene rings is 1. The van der Waals surface area contributed by atoms with E-state index in [4.69, 9.17) is 10.2 Å². The first-order valence-corrected chi connectivity index (χ1v) is 7.39. The molecular weight excluding hydrogens is 283 g/mol. The molecule has 118 valence electrons. The Hall–Kier alpha value is -2.37. The molecule has 0 atom stereocenters. The molecule has 0 spiro atoms. The van der Waals surface area contributed by atoms with Crippen molar-refractivity contribution < 1.29 is 8.81 Å². The number of rotatable bonds is 6. The molecule has 0 aliphatic heterocycles. The zero-order chi connectivity index (χ0) is 15.9. The second kappa shape index (κ2) is 7.59. The molecule has 0 unspecified atom stereocenters. The van der Waals surface area contributed by atoms with Gasteiger partial charge in [0.1, 0.15) is 12.1 Å². The molecule has 0 aliphatic rings. The van der Waals surface area contributed by atoms with Crippen molar-refractivity contribution in [2.75, 3.05) is 19.6 Å². The van der Waals surface area contributed by atoms with Gasteiger partial charge >= 0.3 is 0 Å². The molecule has 2 rings (SSSR count). The number of aliphatic imine (C=N–C) groups is 1. The molecule has 22 heavy (non-hydrogen) atoms. The van der Waals surface area contributed by atoms with E-state index in [0.717, 1.165) is 24.3 Å². The first kappa shape index (κ1) is 16.0. The van der Waals surface area contributed by atoms with Crippen molar-refractivity contribution in [2.45, 2.75) is 20.3 Å². The Kier molecular flexibility index (Phi) is 5.52. The van der Waals surface area contributed by atoms with Crippen LogP contribution in [0.3, 0.4) is 0 Å². The van der Waals surface area contributed by atoms with E-state index in [-0.39, 0.29) is 5.82 Å². The van der Waals surface area contributed by atoms with E-state index in [2.05, 4.69) is 9.98 Å². The van der Waals surface area contributed by atoms with Crippen molar-refractivity contribution in [3.63, 3.8) is 0 Å². The predicted octanol–water partition coefficient (Wildman–Crippen LogP) is 2.68. The summed E-state index contributed by atoms with van der Waals surface area (Å²) in [6.07, 6.45) is 2.24. The minimum absolute atomic E-state index is 0.281. The largest absolute Gasteiger partial charge is 0.444 e. The van der Waals surface area contributed by atoms with E-state index < -0.39 is 0 Å². The van der Waals surface area contributed by atoms with E-state index in [1.807, 2.05) is 18.7 Å². The number of guanidine groups is 1. The molecule has 1 aromatic heterocycles. The van der Waals surface area contributed by atoms with Gasteiger partial charge in [-0.05, 0) is 38.1 Å². The average molecular weight is 304 g/mol. The van der Waals surface area contributed by atoms with E-state index >= 15 is 0 Å². The number of halogens is 1. The molecular formula is C16H21FN4O. The summed E-state index contributed by atoms with van der Waals surface area (Å²) in [6, 6.07) is 6.05. The topological polar surface area (TPSA) is 67.7 Å². The van der Waals surface area contributed by atoms with E-state index in [1.54, 1.807) is 18.4 Å². The Morgan fingerprint density at radius 3 is 2.59 bits per heavy atom. The van der Waals surface area contributed by atoms with Crippen LogP contribution < -0.4 is 5.73 Å². The van der Waals surface area contributed by atoms with Crippen molar-refractivity contribution >= 4 is 5.96 Å². The minimum atomic E-state index is -0.281. The molecule has 0 amide bonds. The monoisotopic (exact) mass is 304 g/mol. The lowest BCUT2D eigenvalue weighted by molar-refractivity contribution is 0.458. The number of aromatic nitrogens is 1. The third kappa shape index (κ3) is 4.07. The Balaban J connectivity index is 1.95. The number of hydrogen-bond acceptors (Lipinski definition) is 3. The summed E-state index contributed by atoms with van der Waals surface area (Å²) < 4.78 is 18.3. The average Bonchev–Trinajstić information content (AvgIpc) is 2.98. The summed E-state index contributed by atoms with van der Waals surface area (Å²) in [5.41, 5.74) is 7.46. The number of nitrogens with zero attached hydrogens (tertiary/aromatic N) is 3. The maximum absolute atomic E-state index is 12.9. The third-order valence-electron chi connectivity index (χ3n) is 3.37. The third-order valence-corrected chi connectivity index (χ3v) is 3.37. The van der Waals surface area contributed by atoms with Crippen LogP contribution in [0.4, 0.5) is 4.39 Å². The molecule has 0 saturated carbocycles. The molecule has 0 fully saturated rings. The molecule has 0 bridgehead atoms. The molecule has 0 radical (unpaired) electrons. The maximum Gasteiger partial charge on any atom is 0.226 e. The quantitative estimate of drug-likeness (QED) is 0.658. The normalized spacial score (nSPS) is 11.7. The summed E-state index contributed by atoms with van der Waals surface area (Å²) in [7, 11) is 0. The Morgan fingerprint density at radius 2 is 1.95 bits per heavy atom. The van der Waals surface area contributed by atoms with Gasteiger partial charge in [0, 0.05) is 31.6 Å². The highest BCUT2D eigenvalue weighted by Crippen LogP contribution is 2.19. The van der Waals surface area contributed by atoms with Gasteiger partial charge in [0.05, 0.1) is 5.69 Å². The smallest absolute Gasteiger partial charge is 0.226 e. The molecule has 2 aromatic rings. The summed E-state index contributed by atoms with van der Waals surface area (Å²) in [4.78, 5) is 10.7. The highest BCUT2D eigenvalue weighted by molar-refractivity contribution is 5.77. The molecule has 5 nitrogen and oxygen atoms in total. The van der Waals surface area contributed by atoms with E-state index in [1.165, 1.54) is 12.1 Å². The maximum atomic E-state index is 12.9. The van der Waals surface area contributed by atoms with Gasteiger partial charge in [0.15, 0.2) is 5.96 Å².